The van der Waals surface area contributed by atoms with Crippen molar-refractivity contribution in [2.45, 2.75) is 32.7 Å². The molecule has 0 spiro atoms. The molecule has 1 atom stereocenters. The molecule has 1 aromatic rings. The fourth-order valence-electron chi connectivity index (χ4n) is 2.81. The van der Waals surface area contributed by atoms with Gasteiger partial charge in [-0.2, -0.15) is 0 Å². The predicted molar refractivity (Wildman–Crippen MR) is 75.2 cm³/mol. The van der Waals surface area contributed by atoms with E-state index in [1.165, 1.54) is 13.3 Å². The van der Waals surface area contributed by atoms with Crippen molar-refractivity contribution in [2.75, 3.05) is 18.6 Å². The van der Waals surface area contributed by atoms with E-state index < -0.39 is 18.0 Å². The van der Waals surface area contributed by atoms with Crippen LogP contribution in [-0.2, 0) is 9.53 Å². The monoisotopic (exact) mass is 293 g/mol. The van der Waals surface area contributed by atoms with Crippen molar-refractivity contribution in [3.05, 3.63) is 18.1 Å². The summed E-state index contributed by atoms with van der Waals surface area (Å²) in [5.74, 6) is -1.16. The van der Waals surface area contributed by atoms with Crippen LogP contribution in [0.25, 0.3) is 0 Å². The second kappa shape index (κ2) is 5.67. The van der Waals surface area contributed by atoms with Gasteiger partial charge in [0.1, 0.15) is 11.9 Å². The topological polar surface area (TPSA) is 92.6 Å². The van der Waals surface area contributed by atoms with E-state index in [0.717, 1.165) is 12.8 Å². The number of hydrogen-bond acceptors (Lipinski definition) is 6. The molecule has 1 aliphatic heterocycles. The number of carbonyl (C=O) groups is 2. The van der Waals surface area contributed by atoms with Gasteiger partial charge in [0.25, 0.3) is 0 Å². The van der Waals surface area contributed by atoms with Gasteiger partial charge in [-0.1, -0.05) is 13.8 Å². The maximum absolute atomic E-state index is 11.7. The van der Waals surface area contributed by atoms with E-state index in [0.29, 0.717) is 12.4 Å². The average molecular weight is 293 g/mol. The van der Waals surface area contributed by atoms with Crippen LogP contribution in [0.4, 0.5) is 5.82 Å². The molecule has 7 heteroatoms. The van der Waals surface area contributed by atoms with Crippen molar-refractivity contribution in [2.24, 2.45) is 5.41 Å². The van der Waals surface area contributed by atoms with E-state index in [4.69, 9.17) is 0 Å². The van der Waals surface area contributed by atoms with Crippen molar-refractivity contribution in [1.82, 2.24) is 9.97 Å². The number of ether oxygens (including phenoxy) is 1. The fourth-order valence-corrected chi connectivity index (χ4v) is 2.81. The van der Waals surface area contributed by atoms with Crippen molar-refractivity contribution in [3.8, 4) is 0 Å². The van der Waals surface area contributed by atoms with Crippen LogP contribution in [0.2, 0.25) is 0 Å². The van der Waals surface area contributed by atoms with Crippen LogP contribution in [0.1, 0.15) is 37.3 Å². The number of anilines is 1. The van der Waals surface area contributed by atoms with Gasteiger partial charge in [0.2, 0.25) is 5.82 Å². The molecule has 1 N–H and O–H groups in total. The van der Waals surface area contributed by atoms with Crippen molar-refractivity contribution < 1.29 is 19.4 Å². The van der Waals surface area contributed by atoms with Crippen molar-refractivity contribution >= 4 is 17.8 Å². The molecule has 1 aliphatic rings. The zero-order valence-corrected chi connectivity index (χ0v) is 12.4. The Kier molecular flexibility index (Phi) is 4.11. The first-order valence-corrected chi connectivity index (χ1v) is 6.77. The highest BCUT2D eigenvalue weighted by Crippen LogP contribution is 2.37. The molecule has 1 fully saturated rings. The first-order valence-electron chi connectivity index (χ1n) is 6.77. The summed E-state index contributed by atoms with van der Waals surface area (Å²) in [6.45, 7) is 4.44. The third-order valence-corrected chi connectivity index (χ3v) is 3.81. The molecular weight excluding hydrogens is 274 g/mol. The number of esters is 1. The SMILES string of the molecule is COC(=O)c1nccc(N2CCCC(C)(C)C2C(=O)O)n1. The van der Waals surface area contributed by atoms with Gasteiger partial charge in [0.05, 0.1) is 7.11 Å². The standard InChI is InChI=1S/C14H19N3O4/c1-14(2)6-4-8-17(10(14)12(18)19)9-5-7-15-11(16-9)13(20)21-3/h5,7,10H,4,6,8H2,1-3H3,(H,18,19). The van der Waals surface area contributed by atoms with Crippen LogP contribution < -0.4 is 4.90 Å². The molecule has 0 radical (unpaired) electrons. The normalized spacial score (nSPS) is 20.9. The number of hydrogen-bond donors (Lipinski definition) is 1. The van der Waals surface area contributed by atoms with Crippen LogP contribution >= 0.6 is 0 Å². The lowest BCUT2D eigenvalue weighted by atomic mass is 9.76. The molecule has 21 heavy (non-hydrogen) atoms. The Bertz CT molecular complexity index is 559. The van der Waals surface area contributed by atoms with Gasteiger partial charge in [-0.15, -0.1) is 0 Å². The Labute approximate surface area is 123 Å². The number of carbonyl (C=O) groups excluding carboxylic acids is 1. The quantitative estimate of drug-likeness (QED) is 0.841. The second-order valence-electron chi connectivity index (χ2n) is 5.76. The van der Waals surface area contributed by atoms with Crippen LogP contribution in [0.5, 0.6) is 0 Å². The van der Waals surface area contributed by atoms with Gasteiger partial charge in [-0.05, 0) is 24.3 Å². The Morgan fingerprint density at radius 1 is 1.48 bits per heavy atom. The van der Waals surface area contributed by atoms with E-state index in [9.17, 15) is 14.7 Å². The molecule has 0 amide bonds. The van der Waals surface area contributed by atoms with Crippen molar-refractivity contribution in [3.63, 3.8) is 0 Å². The summed E-state index contributed by atoms with van der Waals surface area (Å²) in [6, 6.07) is 0.927. The Morgan fingerprint density at radius 2 is 2.19 bits per heavy atom. The van der Waals surface area contributed by atoms with Gasteiger partial charge < -0.3 is 14.7 Å². The van der Waals surface area contributed by atoms with E-state index in [2.05, 4.69) is 14.7 Å². The zero-order chi connectivity index (χ0) is 15.6. The Hall–Kier alpha value is -2.18. The van der Waals surface area contributed by atoms with E-state index in [-0.39, 0.29) is 11.2 Å². The van der Waals surface area contributed by atoms with Crippen LogP contribution in [0.15, 0.2) is 12.3 Å². The smallest absolute Gasteiger partial charge is 0.376 e. The summed E-state index contributed by atoms with van der Waals surface area (Å²) in [7, 11) is 1.25. The number of methoxy groups -OCH3 is 1. The zero-order valence-electron chi connectivity index (χ0n) is 12.4. The average Bonchev–Trinajstić information content (AvgIpc) is 2.44. The first kappa shape index (κ1) is 15.2. The molecular formula is C14H19N3O4. The summed E-state index contributed by atoms with van der Waals surface area (Å²) in [6.07, 6.45) is 3.14. The number of piperidine rings is 1. The molecule has 1 unspecified atom stereocenters. The highest BCUT2D eigenvalue weighted by molar-refractivity contribution is 5.85. The third kappa shape index (κ3) is 2.96. The van der Waals surface area contributed by atoms with Crippen LogP contribution in [0.3, 0.4) is 0 Å². The number of carboxylic acid groups (broad SMARTS) is 1. The molecule has 0 aliphatic carbocycles. The molecule has 1 aromatic heterocycles. The van der Waals surface area contributed by atoms with Crippen LogP contribution in [-0.4, -0.2) is 46.7 Å². The molecule has 0 bridgehead atoms. The van der Waals surface area contributed by atoms with Gasteiger partial charge in [-0.3, -0.25) is 0 Å². The maximum atomic E-state index is 11.7. The van der Waals surface area contributed by atoms with E-state index in [1.54, 1.807) is 11.0 Å². The Morgan fingerprint density at radius 3 is 2.81 bits per heavy atom. The molecule has 1 saturated heterocycles. The number of nitrogens with zero attached hydrogens (tertiary/aromatic N) is 3. The lowest BCUT2D eigenvalue weighted by Gasteiger charge is -2.44. The summed E-state index contributed by atoms with van der Waals surface area (Å²) in [4.78, 5) is 32.9. The Balaban J connectivity index is 2.39. The summed E-state index contributed by atoms with van der Waals surface area (Å²) >= 11 is 0. The lowest BCUT2D eigenvalue weighted by Crippen LogP contribution is -2.54. The molecule has 114 valence electrons. The minimum absolute atomic E-state index is 0.0671. The minimum atomic E-state index is -0.891. The van der Waals surface area contributed by atoms with Gasteiger partial charge in [-0.25, -0.2) is 19.6 Å². The highest BCUT2D eigenvalue weighted by Gasteiger charge is 2.43. The molecule has 0 saturated carbocycles. The van der Waals surface area contributed by atoms with E-state index in [1.807, 2.05) is 13.8 Å². The van der Waals surface area contributed by atoms with Gasteiger partial charge >= 0.3 is 11.9 Å². The van der Waals surface area contributed by atoms with Gasteiger partial charge in [0, 0.05) is 12.7 Å². The second-order valence-corrected chi connectivity index (χ2v) is 5.76. The fraction of sp³-hybridized carbons (Fsp3) is 0.571. The molecule has 0 aromatic carbocycles. The van der Waals surface area contributed by atoms with Crippen molar-refractivity contribution in [1.29, 1.82) is 0 Å². The highest BCUT2D eigenvalue weighted by atomic mass is 16.5. The van der Waals surface area contributed by atoms with Crippen LogP contribution in [0, 0.1) is 5.41 Å². The summed E-state index contributed by atoms with van der Waals surface area (Å²) in [5, 5.41) is 9.55. The number of aromatic nitrogens is 2. The maximum Gasteiger partial charge on any atom is 0.376 e. The molecule has 2 rings (SSSR count). The number of carboxylic acids is 1. The van der Waals surface area contributed by atoms with E-state index >= 15 is 0 Å². The largest absolute Gasteiger partial charge is 0.480 e. The third-order valence-electron chi connectivity index (χ3n) is 3.81. The molecule has 7 nitrogen and oxygen atoms in total. The first-order chi connectivity index (χ1) is 9.86. The predicted octanol–water partition coefficient (Wildman–Crippen LogP) is 1.34. The number of rotatable bonds is 3. The minimum Gasteiger partial charge on any atom is -0.480 e. The lowest BCUT2D eigenvalue weighted by molar-refractivity contribution is -0.142. The molecule has 2 heterocycles. The number of aliphatic carboxylic acids is 1. The summed E-state index contributed by atoms with van der Waals surface area (Å²) in [5.41, 5.74) is -0.375. The summed E-state index contributed by atoms with van der Waals surface area (Å²) < 4.78 is 4.60. The van der Waals surface area contributed by atoms with Gasteiger partial charge in [0.15, 0.2) is 0 Å².